The van der Waals surface area contributed by atoms with Gasteiger partial charge in [0.25, 0.3) is 0 Å². The van der Waals surface area contributed by atoms with Crippen molar-refractivity contribution in [3.8, 4) is 6.07 Å². The standard InChI is InChI=1S/C16H17N3.CHF3O3S/c1-16(2)7-8-19-11-18-10-14(19)15(16)13-5-3-12(9-17)4-6-13;2-1(3,4)8(5,6)7/h3-6,10-11,15H,7-8H2,1-2H3;(H,5,6,7). The highest BCUT2D eigenvalue weighted by molar-refractivity contribution is 7.86. The van der Waals surface area contributed by atoms with E-state index in [0.717, 1.165) is 13.0 Å². The van der Waals surface area contributed by atoms with E-state index >= 15 is 0 Å². The molecule has 0 saturated carbocycles. The summed E-state index contributed by atoms with van der Waals surface area (Å²) in [7, 11) is -5.84. The van der Waals surface area contributed by atoms with Gasteiger partial charge in [-0.2, -0.15) is 26.9 Å². The molecular weight excluding hydrogens is 383 g/mol. The molecule has 2 aromatic rings. The number of halogens is 3. The molecule has 6 nitrogen and oxygen atoms in total. The first-order chi connectivity index (χ1) is 12.4. The average Bonchev–Trinajstić information content (AvgIpc) is 3.01. The van der Waals surface area contributed by atoms with Crippen molar-refractivity contribution in [2.75, 3.05) is 0 Å². The summed E-state index contributed by atoms with van der Waals surface area (Å²) in [4.78, 5) is 4.29. The van der Waals surface area contributed by atoms with Crippen LogP contribution in [-0.4, -0.2) is 28.0 Å². The van der Waals surface area contributed by atoms with Crippen molar-refractivity contribution >= 4 is 10.1 Å². The van der Waals surface area contributed by atoms with Crippen molar-refractivity contribution in [2.24, 2.45) is 5.41 Å². The van der Waals surface area contributed by atoms with Crippen LogP contribution in [0.25, 0.3) is 0 Å². The van der Waals surface area contributed by atoms with Crippen LogP contribution >= 0.6 is 0 Å². The van der Waals surface area contributed by atoms with Crippen LogP contribution in [-0.2, 0) is 16.7 Å². The van der Waals surface area contributed by atoms with Crippen molar-refractivity contribution in [3.63, 3.8) is 0 Å². The van der Waals surface area contributed by atoms with Gasteiger partial charge in [-0.05, 0) is 29.5 Å². The van der Waals surface area contributed by atoms with Crippen LogP contribution in [0.3, 0.4) is 0 Å². The average molecular weight is 401 g/mol. The van der Waals surface area contributed by atoms with Crippen molar-refractivity contribution in [1.29, 1.82) is 5.26 Å². The van der Waals surface area contributed by atoms with E-state index in [1.165, 1.54) is 11.3 Å². The van der Waals surface area contributed by atoms with Crippen LogP contribution in [0.15, 0.2) is 36.8 Å². The fourth-order valence-electron chi connectivity index (χ4n) is 3.08. The maximum atomic E-state index is 10.7. The van der Waals surface area contributed by atoms with Crippen LogP contribution in [0.4, 0.5) is 13.2 Å². The lowest BCUT2D eigenvalue weighted by Gasteiger charge is -2.39. The van der Waals surface area contributed by atoms with E-state index < -0.39 is 15.6 Å². The second-order valence-electron chi connectivity index (χ2n) is 6.84. The van der Waals surface area contributed by atoms with Gasteiger partial charge in [0.2, 0.25) is 0 Å². The van der Waals surface area contributed by atoms with Gasteiger partial charge >= 0.3 is 15.6 Å². The second kappa shape index (κ2) is 7.32. The Morgan fingerprint density at radius 3 is 2.33 bits per heavy atom. The Hall–Kier alpha value is -2.38. The van der Waals surface area contributed by atoms with Gasteiger partial charge in [0.15, 0.2) is 0 Å². The Morgan fingerprint density at radius 1 is 1.30 bits per heavy atom. The van der Waals surface area contributed by atoms with Gasteiger partial charge in [-0.1, -0.05) is 26.0 Å². The van der Waals surface area contributed by atoms with Crippen molar-refractivity contribution < 1.29 is 26.1 Å². The summed E-state index contributed by atoms with van der Waals surface area (Å²) in [5, 5.41) is 8.90. The summed E-state index contributed by atoms with van der Waals surface area (Å²) >= 11 is 0. The molecule has 3 rings (SSSR count). The third-order valence-corrected chi connectivity index (χ3v) is 5.07. The quantitative estimate of drug-likeness (QED) is 0.580. The second-order valence-corrected chi connectivity index (χ2v) is 8.25. The molecule has 0 spiro atoms. The van der Waals surface area contributed by atoms with Crippen LogP contribution in [0.5, 0.6) is 0 Å². The number of rotatable bonds is 1. The van der Waals surface area contributed by atoms with E-state index in [-0.39, 0.29) is 5.41 Å². The number of fused-ring (bicyclic) bond motifs is 1. The number of nitriles is 1. The third kappa shape index (κ3) is 4.67. The van der Waals surface area contributed by atoms with Crippen LogP contribution in [0, 0.1) is 16.7 Å². The monoisotopic (exact) mass is 401 g/mol. The summed E-state index contributed by atoms with van der Waals surface area (Å²) in [6.45, 7) is 5.66. The lowest BCUT2D eigenvalue weighted by atomic mass is 9.69. The zero-order valence-electron chi connectivity index (χ0n) is 14.6. The summed E-state index contributed by atoms with van der Waals surface area (Å²) in [6.07, 6.45) is 5.03. The third-order valence-electron chi connectivity index (χ3n) is 4.48. The summed E-state index contributed by atoms with van der Waals surface area (Å²) in [5.41, 5.74) is -2.06. The molecule has 0 fully saturated rings. The fourth-order valence-corrected chi connectivity index (χ4v) is 3.08. The minimum atomic E-state index is -5.84. The molecular formula is C17H18F3N3O3S. The molecule has 0 radical (unpaired) electrons. The molecule has 0 amide bonds. The van der Waals surface area contributed by atoms with E-state index in [1.54, 1.807) is 0 Å². The smallest absolute Gasteiger partial charge is 0.334 e. The van der Waals surface area contributed by atoms with Crippen LogP contribution < -0.4 is 0 Å². The Kier molecular flexibility index (Phi) is 5.68. The molecule has 1 aromatic heterocycles. The molecule has 1 aromatic carbocycles. The molecule has 1 N–H and O–H groups in total. The highest BCUT2D eigenvalue weighted by Gasteiger charge is 2.44. The molecule has 1 atom stereocenters. The zero-order chi connectivity index (χ0) is 20.5. The van der Waals surface area contributed by atoms with Crippen LogP contribution in [0.2, 0.25) is 0 Å². The molecule has 0 saturated heterocycles. The zero-order valence-corrected chi connectivity index (χ0v) is 15.4. The molecule has 1 unspecified atom stereocenters. The first-order valence-electron chi connectivity index (χ1n) is 7.90. The lowest BCUT2D eigenvalue weighted by molar-refractivity contribution is -0.0510. The highest BCUT2D eigenvalue weighted by atomic mass is 32.2. The topological polar surface area (TPSA) is 96.0 Å². The molecule has 1 aliphatic rings. The Labute approximate surface area is 155 Å². The van der Waals surface area contributed by atoms with Crippen molar-refractivity contribution in [3.05, 3.63) is 53.6 Å². The van der Waals surface area contributed by atoms with Gasteiger partial charge in [-0.15, -0.1) is 0 Å². The van der Waals surface area contributed by atoms with Crippen molar-refractivity contribution in [2.45, 2.75) is 38.2 Å². The molecule has 146 valence electrons. The molecule has 2 heterocycles. The summed E-state index contributed by atoms with van der Waals surface area (Å²) in [5.74, 6) is 0.344. The van der Waals surface area contributed by atoms with Gasteiger partial charge in [-0.3, -0.25) is 4.55 Å². The highest BCUT2D eigenvalue weighted by Crippen LogP contribution is 2.46. The minimum Gasteiger partial charge on any atom is -0.334 e. The molecule has 0 aliphatic carbocycles. The van der Waals surface area contributed by atoms with Gasteiger partial charge in [0.05, 0.1) is 18.0 Å². The van der Waals surface area contributed by atoms with Gasteiger partial charge in [0.1, 0.15) is 0 Å². The number of hydrogen-bond acceptors (Lipinski definition) is 4. The number of alkyl halides is 3. The van der Waals surface area contributed by atoms with Gasteiger partial charge < -0.3 is 4.57 Å². The van der Waals surface area contributed by atoms with E-state index in [9.17, 15) is 13.2 Å². The summed E-state index contributed by atoms with van der Waals surface area (Å²) < 4.78 is 59.8. The minimum absolute atomic E-state index is 0.212. The first-order valence-corrected chi connectivity index (χ1v) is 9.34. The fraction of sp³-hybridized carbons (Fsp3) is 0.412. The maximum absolute atomic E-state index is 10.7. The molecule has 0 bridgehead atoms. The Morgan fingerprint density at radius 2 is 1.85 bits per heavy atom. The maximum Gasteiger partial charge on any atom is 0.522 e. The molecule has 27 heavy (non-hydrogen) atoms. The van der Waals surface area contributed by atoms with Gasteiger partial charge in [0, 0.05) is 24.4 Å². The van der Waals surface area contributed by atoms with E-state index in [4.69, 9.17) is 18.2 Å². The van der Waals surface area contributed by atoms with Crippen LogP contribution in [0.1, 0.15) is 43.0 Å². The van der Waals surface area contributed by atoms with E-state index in [1.807, 2.05) is 24.7 Å². The Balaban J connectivity index is 0.000000279. The number of imidazole rings is 1. The number of benzene rings is 1. The number of hydrogen-bond donors (Lipinski definition) is 1. The summed E-state index contributed by atoms with van der Waals surface area (Å²) in [6, 6.07) is 10.1. The SMILES string of the molecule is CC1(C)CCn2cncc2C1c1ccc(C#N)cc1.O=S(=O)(O)C(F)(F)F. The number of nitrogens with zero attached hydrogens (tertiary/aromatic N) is 3. The normalized spacial score (nSPS) is 18.6. The Bertz CT molecular complexity index is 942. The van der Waals surface area contributed by atoms with Gasteiger partial charge in [-0.25, -0.2) is 4.98 Å². The number of aromatic nitrogens is 2. The first kappa shape index (κ1) is 20.9. The van der Waals surface area contributed by atoms with Crippen molar-refractivity contribution in [1.82, 2.24) is 9.55 Å². The van der Waals surface area contributed by atoms with E-state index in [0.29, 0.717) is 11.5 Å². The van der Waals surface area contributed by atoms with E-state index in [2.05, 4.69) is 41.6 Å². The molecule has 10 heteroatoms. The molecule has 1 aliphatic heterocycles. The predicted octanol–water partition coefficient (Wildman–Crippen LogP) is 3.71. The number of aryl methyl sites for hydroxylation is 1. The largest absolute Gasteiger partial charge is 0.522 e. The lowest BCUT2D eigenvalue weighted by Crippen LogP contribution is -2.31. The predicted molar refractivity (Wildman–Crippen MR) is 91.2 cm³/mol.